The molecule has 2 unspecified atom stereocenters. The smallest absolute Gasteiger partial charge is 0.227 e. The lowest BCUT2D eigenvalue weighted by Crippen LogP contribution is -2.42. The van der Waals surface area contributed by atoms with Crippen molar-refractivity contribution in [1.82, 2.24) is 4.90 Å². The van der Waals surface area contributed by atoms with Crippen molar-refractivity contribution < 1.29 is 14.3 Å². The summed E-state index contributed by atoms with van der Waals surface area (Å²) in [5.74, 6) is -0.0219. The first kappa shape index (κ1) is 17.7. The Hall–Kier alpha value is -2.66. The van der Waals surface area contributed by atoms with Crippen LogP contribution in [0.3, 0.4) is 0 Å². The number of amides is 2. The third-order valence-electron chi connectivity index (χ3n) is 5.41. The number of carbonyl (C=O) groups excluding carboxylic acids is 2. The predicted octanol–water partition coefficient (Wildman–Crippen LogP) is 3.18. The van der Waals surface area contributed by atoms with Gasteiger partial charge in [0.25, 0.3) is 0 Å². The Morgan fingerprint density at radius 3 is 2.74 bits per heavy atom. The average molecular weight is 364 g/mol. The number of benzene rings is 2. The Balaban J connectivity index is 1.33. The largest absolute Gasteiger partial charge is 0.370 e. The van der Waals surface area contributed by atoms with Crippen LogP contribution in [0.2, 0.25) is 0 Å². The Labute approximate surface area is 159 Å². The maximum Gasteiger partial charge on any atom is 0.227 e. The molecule has 5 heteroatoms. The molecule has 140 valence electrons. The van der Waals surface area contributed by atoms with E-state index >= 15 is 0 Å². The van der Waals surface area contributed by atoms with Crippen molar-refractivity contribution >= 4 is 17.5 Å². The summed E-state index contributed by atoms with van der Waals surface area (Å²) < 4.78 is 5.84. The van der Waals surface area contributed by atoms with E-state index in [1.54, 1.807) is 0 Å². The van der Waals surface area contributed by atoms with Crippen LogP contribution in [0.1, 0.15) is 30.1 Å². The normalized spacial score (nSPS) is 22.1. The SMILES string of the molecule is O=C1Nc2ccccc2CC1CCC(=O)N1CCOC(c2ccccc2)C1. The van der Waals surface area contributed by atoms with Crippen LogP contribution >= 0.6 is 0 Å². The zero-order valence-electron chi connectivity index (χ0n) is 15.3. The second-order valence-electron chi connectivity index (χ2n) is 7.20. The number of anilines is 1. The van der Waals surface area contributed by atoms with E-state index in [-0.39, 0.29) is 23.8 Å². The van der Waals surface area contributed by atoms with Crippen LogP contribution in [-0.4, -0.2) is 36.4 Å². The van der Waals surface area contributed by atoms with E-state index in [2.05, 4.69) is 5.32 Å². The molecular weight excluding hydrogens is 340 g/mol. The van der Waals surface area contributed by atoms with Crippen molar-refractivity contribution in [2.75, 3.05) is 25.0 Å². The quantitative estimate of drug-likeness (QED) is 0.906. The fraction of sp³-hybridized carbons (Fsp3) is 0.364. The molecule has 5 nitrogen and oxygen atoms in total. The van der Waals surface area contributed by atoms with Gasteiger partial charge in [-0.3, -0.25) is 9.59 Å². The van der Waals surface area contributed by atoms with Gasteiger partial charge in [0.2, 0.25) is 11.8 Å². The molecule has 0 radical (unpaired) electrons. The lowest BCUT2D eigenvalue weighted by molar-refractivity contribution is -0.139. The highest BCUT2D eigenvalue weighted by molar-refractivity contribution is 5.96. The van der Waals surface area contributed by atoms with Gasteiger partial charge in [0.15, 0.2) is 0 Å². The molecule has 2 aliphatic rings. The van der Waals surface area contributed by atoms with Gasteiger partial charge in [-0.05, 0) is 30.0 Å². The van der Waals surface area contributed by atoms with Gasteiger partial charge in [-0.2, -0.15) is 0 Å². The first-order valence-electron chi connectivity index (χ1n) is 9.54. The van der Waals surface area contributed by atoms with Crippen molar-refractivity contribution in [3.8, 4) is 0 Å². The van der Waals surface area contributed by atoms with Gasteiger partial charge in [-0.15, -0.1) is 0 Å². The first-order chi connectivity index (χ1) is 13.2. The fourth-order valence-electron chi connectivity index (χ4n) is 3.85. The van der Waals surface area contributed by atoms with E-state index in [4.69, 9.17) is 4.74 Å². The number of rotatable bonds is 4. The van der Waals surface area contributed by atoms with Gasteiger partial charge in [0.1, 0.15) is 6.10 Å². The molecule has 0 aliphatic carbocycles. The second-order valence-corrected chi connectivity index (χ2v) is 7.20. The Morgan fingerprint density at radius 1 is 1.11 bits per heavy atom. The Bertz CT molecular complexity index is 821. The van der Waals surface area contributed by atoms with Crippen molar-refractivity contribution in [1.29, 1.82) is 0 Å². The van der Waals surface area contributed by atoms with Gasteiger partial charge in [-0.25, -0.2) is 0 Å². The summed E-state index contributed by atoms with van der Waals surface area (Å²) in [4.78, 5) is 26.9. The molecule has 1 fully saturated rings. The third-order valence-corrected chi connectivity index (χ3v) is 5.41. The highest BCUT2D eigenvalue weighted by atomic mass is 16.5. The monoisotopic (exact) mass is 364 g/mol. The zero-order chi connectivity index (χ0) is 18.6. The number of hydrogen-bond donors (Lipinski definition) is 1. The van der Waals surface area contributed by atoms with Crippen molar-refractivity contribution in [3.05, 3.63) is 65.7 Å². The van der Waals surface area contributed by atoms with E-state index in [1.807, 2.05) is 59.5 Å². The summed E-state index contributed by atoms with van der Waals surface area (Å²) in [6.07, 6.45) is 1.59. The summed E-state index contributed by atoms with van der Waals surface area (Å²) in [5, 5.41) is 2.96. The van der Waals surface area contributed by atoms with E-state index < -0.39 is 0 Å². The lowest BCUT2D eigenvalue weighted by atomic mass is 9.89. The number of ether oxygens (including phenoxy) is 1. The van der Waals surface area contributed by atoms with Crippen LogP contribution in [-0.2, 0) is 20.7 Å². The van der Waals surface area contributed by atoms with Crippen LogP contribution in [0.25, 0.3) is 0 Å². The number of fused-ring (bicyclic) bond motifs is 1. The number of hydrogen-bond acceptors (Lipinski definition) is 3. The summed E-state index contributed by atoms with van der Waals surface area (Å²) in [6, 6.07) is 17.9. The van der Waals surface area contributed by atoms with E-state index in [9.17, 15) is 9.59 Å². The molecule has 2 aliphatic heterocycles. The highest BCUT2D eigenvalue weighted by Gasteiger charge is 2.29. The first-order valence-corrected chi connectivity index (χ1v) is 9.54. The van der Waals surface area contributed by atoms with Crippen LogP contribution in [0.4, 0.5) is 5.69 Å². The van der Waals surface area contributed by atoms with E-state index in [0.717, 1.165) is 16.8 Å². The number of nitrogens with one attached hydrogen (secondary N) is 1. The summed E-state index contributed by atoms with van der Waals surface area (Å²) in [7, 11) is 0. The number of morpholine rings is 1. The maximum atomic E-state index is 12.7. The molecule has 2 aromatic carbocycles. The molecule has 0 saturated carbocycles. The highest BCUT2D eigenvalue weighted by Crippen LogP contribution is 2.28. The molecule has 1 N–H and O–H groups in total. The fourth-order valence-corrected chi connectivity index (χ4v) is 3.85. The zero-order valence-corrected chi connectivity index (χ0v) is 15.3. The summed E-state index contributed by atoms with van der Waals surface area (Å²) in [5.41, 5.74) is 3.13. The van der Waals surface area contributed by atoms with Gasteiger partial charge in [-0.1, -0.05) is 48.5 Å². The van der Waals surface area contributed by atoms with E-state index in [1.165, 1.54) is 0 Å². The van der Waals surface area contributed by atoms with E-state index in [0.29, 0.717) is 39.0 Å². The Kier molecular flexibility index (Phi) is 5.21. The Morgan fingerprint density at radius 2 is 1.89 bits per heavy atom. The van der Waals surface area contributed by atoms with Crippen LogP contribution < -0.4 is 5.32 Å². The molecule has 0 spiro atoms. The minimum absolute atomic E-state index is 0.0191. The van der Waals surface area contributed by atoms with Crippen molar-refractivity contribution in [2.24, 2.45) is 5.92 Å². The summed E-state index contributed by atoms with van der Waals surface area (Å²) in [6.45, 7) is 1.73. The van der Waals surface area contributed by atoms with Crippen LogP contribution in [0, 0.1) is 5.92 Å². The predicted molar refractivity (Wildman–Crippen MR) is 103 cm³/mol. The average Bonchev–Trinajstić information content (AvgIpc) is 2.72. The minimum Gasteiger partial charge on any atom is -0.370 e. The van der Waals surface area contributed by atoms with Gasteiger partial charge in [0, 0.05) is 24.6 Å². The summed E-state index contributed by atoms with van der Waals surface area (Å²) >= 11 is 0. The second kappa shape index (κ2) is 7.92. The maximum absolute atomic E-state index is 12.7. The molecule has 4 rings (SSSR count). The number of nitrogens with zero attached hydrogens (tertiary/aromatic N) is 1. The molecule has 0 bridgehead atoms. The third kappa shape index (κ3) is 4.03. The van der Waals surface area contributed by atoms with Crippen molar-refractivity contribution in [3.63, 3.8) is 0 Å². The molecule has 2 atom stereocenters. The topological polar surface area (TPSA) is 58.6 Å². The van der Waals surface area contributed by atoms with Crippen molar-refractivity contribution in [2.45, 2.75) is 25.4 Å². The molecule has 0 aromatic heterocycles. The van der Waals surface area contributed by atoms with Crippen LogP contribution in [0.5, 0.6) is 0 Å². The minimum atomic E-state index is -0.144. The standard InChI is InChI=1S/C22H24N2O3/c25-21(24-12-13-27-20(15-24)16-6-2-1-3-7-16)11-10-18-14-17-8-4-5-9-19(17)23-22(18)26/h1-9,18,20H,10-15H2,(H,23,26). The lowest BCUT2D eigenvalue weighted by Gasteiger charge is -2.33. The number of carbonyl (C=O) groups is 2. The molecule has 27 heavy (non-hydrogen) atoms. The molecule has 1 saturated heterocycles. The van der Waals surface area contributed by atoms with Gasteiger partial charge in [0.05, 0.1) is 13.2 Å². The van der Waals surface area contributed by atoms with Crippen LogP contribution in [0.15, 0.2) is 54.6 Å². The molecular formula is C22H24N2O3. The molecule has 2 heterocycles. The molecule has 2 amide bonds. The molecule has 2 aromatic rings. The number of para-hydroxylation sites is 1. The van der Waals surface area contributed by atoms with Gasteiger partial charge >= 0.3 is 0 Å². The van der Waals surface area contributed by atoms with Gasteiger partial charge < -0.3 is 15.0 Å².